The lowest BCUT2D eigenvalue weighted by molar-refractivity contribution is -0.117. The highest BCUT2D eigenvalue weighted by Gasteiger charge is 2.13. The normalized spacial score (nSPS) is 11.1. The fourth-order valence-electron chi connectivity index (χ4n) is 1.77. The molecule has 7 heteroatoms. The molecule has 110 valence electrons. The number of anilines is 1. The quantitative estimate of drug-likeness (QED) is 0.908. The van der Waals surface area contributed by atoms with E-state index in [1.54, 1.807) is 30.7 Å². The van der Waals surface area contributed by atoms with Crippen LogP contribution < -0.4 is 11.1 Å². The van der Waals surface area contributed by atoms with Gasteiger partial charge in [-0.2, -0.15) is 0 Å². The number of amides is 1. The van der Waals surface area contributed by atoms with E-state index in [9.17, 15) is 4.79 Å². The van der Waals surface area contributed by atoms with Crippen LogP contribution in [0.2, 0.25) is 0 Å². The average molecular weight is 317 g/mol. The Labute approximate surface area is 130 Å². The van der Waals surface area contributed by atoms with Crippen LogP contribution in [0, 0.1) is 0 Å². The first kappa shape index (κ1) is 18.6. The molecule has 3 N–H and O–H groups in total. The van der Waals surface area contributed by atoms with E-state index in [2.05, 4.69) is 15.3 Å². The monoisotopic (exact) mass is 316 g/mol. The Morgan fingerprint density at radius 2 is 2.10 bits per heavy atom. The molecule has 0 bridgehead atoms. The predicted octanol–water partition coefficient (Wildman–Crippen LogP) is 2.54. The van der Waals surface area contributed by atoms with Crippen LogP contribution in [0.1, 0.15) is 19.8 Å². The van der Waals surface area contributed by atoms with Gasteiger partial charge in [-0.15, -0.1) is 24.8 Å². The van der Waals surface area contributed by atoms with Gasteiger partial charge in [-0.25, -0.2) is 0 Å². The fraction of sp³-hybridized carbons (Fsp3) is 0.308. The Bertz CT molecular complexity index is 560. The van der Waals surface area contributed by atoms with Gasteiger partial charge in [-0.1, -0.05) is 13.3 Å². The lowest BCUT2D eigenvalue weighted by atomic mass is 10.1. The molecule has 0 aliphatic rings. The summed E-state index contributed by atoms with van der Waals surface area (Å²) in [7, 11) is 0. The van der Waals surface area contributed by atoms with Crippen molar-refractivity contribution in [2.45, 2.75) is 25.8 Å². The molecule has 2 aromatic heterocycles. The van der Waals surface area contributed by atoms with Gasteiger partial charge in [0, 0.05) is 24.0 Å². The first-order chi connectivity index (χ1) is 8.72. The van der Waals surface area contributed by atoms with Crippen LogP contribution >= 0.6 is 24.8 Å². The van der Waals surface area contributed by atoms with E-state index >= 15 is 0 Å². The van der Waals surface area contributed by atoms with E-state index in [-0.39, 0.29) is 30.7 Å². The lowest BCUT2D eigenvalue weighted by Gasteiger charge is -2.12. The molecule has 5 nitrogen and oxygen atoms in total. The Kier molecular flexibility index (Phi) is 8.06. The molecule has 0 saturated heterocycles. The van der Waals surface area contributed by atoms with Crippen molar-refractivity contribution < 1.29 is 4.79 Å². The van der Waals surface area contributed by atoms with E-state index in [1.807, 2.05) is 6.92 Å². The van der Waals surface area contributed by atoms with Crippen molar-refractivity contribution in [2.24, 2.45) is 5.73 Å². The van der Waals surface area contributed by atoms with Gasteiger partial charge in [0.05, 0.1) is 17.2 Å². The Balaban J connectivity index is 0.00000180. The van der Waals surface area contributed by atoms with Gasteiger partial charge in [0.25, 0.3) is 0 Å². The minimum atomic E-state index is -0.477. The van der Waals surface area contributed by atoms with Crippen molar-refractivity contribution >= 4 is 47.3 Å². The molecule has 0 saturated carbocycles. The zero-order chi connectivity index (χ0) is 13.0. The number of nitrogens with zero attached hydrogens (tertiary/aromatic N) is 2. The maximum atomic E-state index is 11.9. The smallest absolute Gasteiger partial charge is 0.241 e. The largest absolute Gasteiger partial charge is 0.324 e. The molecule has 1 amide bonds. The standard InChI is InChI=1S/C13H16N4O.2ClH/c1-2-3-10(14)13(18)17-12-5-7-16-11-4-6-15-8-9(11)12;;/h4-8,10H,2-3,14H2,1H3,(H,16,17,18);2*1H. The van der Waals surface area contributed by atoms with Crippen molar-refractivity contribution in [3.8, 4) is 0 Å². The number of carbonyl (C=O) groups is 1. The molecule has 0 spiro atoms. The summed E-state index contributed by atoms with van der Waals surface area (Å²) in [4.78, 5) is 20.1. The number of aromatic nitrogens is 2. The van der Waals surface area contributed by atoms with Crippen molar-refractivity contribution in [2.75, 3.05) is 5.32 Å². The van der Waals surface area contributed by atoms with Gasteiger partial charge in [-0.3, -0.25) is 14.8 Å². The van der Waals surface area contributed by atoms with E-state index in [1.165, 1.54) is 0 Å². The van der Waals surface area contributed by atoms with E-state index in [0.717, 1.165) is 17.3 Å². The highest BCUT2D eigenvalue weighted by atomic mass is 35.5. The van der Waals surface area contributed by atoms with E-state index in [0.29, 0.717) is 12.1 Å². The summed E-state index contributed by atoms with van der Waals surface area (Å²) < 4.78 is 0. The van der Waals surface area contributed by atoms with Crippen LogP contribution in [0.3, 0.4) is 0 Å². The summed E-state index contributed by atoms with van der Waals surface area (Å²) >= 11 is 0. The second-order valence-corrected chi connectivity index (χ2v) is 4.14. The van der Waals surface area contributed by atoms with Crippen LogP contribution in [-0.4, -0.2) is 21.9 Å². The zero-order valence-corrected chi connectivity index (χ0v) is 12.7. The van der Waals surface area contributed by atoms with Crippen molar-refractivity contribution in [3.05, 3.63) is 30.7 Å². The van der Waals surface area contributed by atoms with E-state index in [4.69, 9.17) is 5.73 Å². The van der Waals surface area contributed by atoms with Crippen molar-refractivity contribution in [1.82, 2.24) is 9.97 Å². The molecule has 0 aliphatic carbocycles. The number of nitrogens with two attached hydrogens (primary N) is 1. The predicted molar refractivity (Wildman–Crippen MR) is 85.5 cm³/mol. The van der Waals surface area contributed by atoms with Crippen molar-refractivity contribution in [1.29, 1.82) is 0 Å². The van der Waals surface area contributed by atoms with E-state index < -0.39 is 6.04 Å². The zero-order valence-electron chi connectivity index (χ0n) is 11.1. The second kappa shape index (κ2) is 8.68. The number of rotatable bonds is 4. The summed E-state index contributed by atoms with van der Waals surface area (Å²) in [6, 6.07) is 3.08. The number of carbonyl (C=O) groups excluding carboxylic acids is 1. The Hall–Kier alpha value is -1.43. The molecule has 20 heavy (non-hydrogen) atoms. The highest BCUT2D eigenvalue weighted by molar-refractivity contribution is 6.02. The first-order valence-electron chi connectivity index (χ1n) is 5.97. The Morgan fingerprint density at radius 3 is 2.80 bits per heavy atom. The second-order valence-electron chi connectivity index (χ2n) is 4.14. The molecule has 0 fully saturated rings. The molecule has 0 aliphatic heterocycles. The molecule has 1 unspecified atom stereocenters. The third-order valence-electron chi connectivity index (χ3n) is 2.74. The molecule has 2 rings (SSSR count). The van der Waals surface area contributed by atoms with Gasteiger partial charge in [0.2, 0.25) is 5.91 Å². The maximum absolute atomic E-state index is 11.9. The van der Waals surface area contributed by atoms with Crippen LogP contribution in [0.15, 0.2) is 30.7 Å². The number of hydrogen-bond acceptors (Lipinski definition) is 4. The summed E-state index contributed by atoms with van der Waals surface area (Å²) in [5.74, 6) is -0.173. The minimum absolute atomic E-state index is 0. The minimum Gasteiger partial charge on any atom is -0.324 e. The molecule has 2 heterocycles. The molecular formula is C13H18Cl2N4O. The van der Waals surface area contributed by atoms with Crippen LogP contribution in [0.5, 0.6) is 0 Å². The summed E-state index contributed by atoms with van der Waals surface area (Å²) in [5.41, 5.74) is 7.27. The van der Waals surface area contributed by atoms with Gasteiger partial charge < -0.3 is 11.1 Å². The fourth-order valence-corrected chi connectivity index (χ4v) is 1.77. The molecule has 2 aromatic rings. The highest BCUT2D eigenvalue weighted by Crippen LogP contribution is 2.20. The van der Waals surface area contributed by atoms with Crippen LogP contribution in [0.25, 0.3) is 10.9 Å². The number of fused-ring (bicyclic) bond motifs is 1. The third-order valence-corrected chi connectivity index (χ3v) is 2.74. The number of hydrogen-bond donors (Lipinski definition) is 2. The summed E-state index contributed by atoms with van der Waals surface area (Å²) in [6.07, 6.45) is 6.57. The number of halogens is 2. The third kappa shape index (κ3) is 4.30. The summed E-state index contributed by atoms with van der Waals surface area (Å²) in [6.45, 7) is 2.00. The average Bonchev–Trinajstić information content (AvgIpc) is 2.39. The van der Waals surface area contributed by atoms with Gasteiger partial charge in [0.1, 0.15) is 0 Å². The molecular weight excluding hydrogens is 299 g/mol. The SMILES string of the molecule is CCCC(N)C(=O)Nc1ccnc2ccncc12.Cl.Cl. The maximum Gasteiger partial charge on any atom is 0.241 e. The molecule has 0 radical (unpaired) electrons. The van der Waals surface area contributed by atoms with Crippen molar-refractivity contribution in [3.63, 3.8) is 0 Å². The van der Waals surface area contributed by atoms with Gasteiger partial charge >= 0.3 is 0 Å². The molecule has 0 aromatic carbocycles. The van der Waals surface area contributed by atoms with Gasteiger partial charge in [0.15, 0.2) is 0 Å². The van der Waals surface area contributed by atoms with Gasteiger partial charge in [-0.05, 0) is 18.6 Å². The number of nitrogens with one attached hydrogen (secondary N) is 1. The molecule has 1 atom stereocenters. The first-order valence-corrected chi connectivity index (χ1v) is 5.97. The Morgan fingerprint density at radius 1 is 1.35 bits per heavy atom. The van der Waals surface area contributed by atoms with Crippen LogP contribution in [0.4, 0.5) is 5.69 Å². The van der Waals surface area contributed by atoms with Crippen LogP contribution in [-0.2, 0) is 4.79 Å². The number of pyridine rings is 2. The topological polar surface area (TPSA) is 80.9 Å². The lowest BCUT2D eigenvalue weighted by Crippen LogP contribution is -2.35. The summed E-state index contributed by atoms with van der Waals surface area (Å²) in [5, 5.41) is 3.64.